The molecule has 0 saturated heterocycles. The largest absolute Gasteiger partial charge is 0.465 e. The van der Waals surface area contributed by atoms with E-state index in [-0.39, 0.29) is 5.97 Å². The third-order valence-electron chi connectivity index (χ3n) is 9.20. The molecule has 0 bridgehead atoms. The van der Waals surface area contributed by atoms with E-state index in [0.29, 0.717) is 11.5 Å². The lowest BCUT2D eigenvalue weighted by Crippen LogP contribution is -2.29. The second-order valence-electron chi connectivity index (χ2n) is 12.0. The molecular formula is C39H39N3O3. The van der Waals surface area contributed by atoms with Crippen LogP contribution in [-0.2, 0) is 4.74 Å². The molecule has 0 fully saturated rings. The van der Waals surface area contributed by atoms with Gasteiger partial charge in [0.25, 0.3) is 0 Å². The number of oxazole rings is 1. The summed E-state index contributed by atoms with van der Waals surface area (Å²) in [5, 5.41) is 3.34. The number of allylic oxidation sites excluding steroid dienone is 3. The second kappa shape index (κ2) is 13.2. The fourth-order valence-electron chi connectivity index (χ4n) is 6.54. The number of ether oxygens (including phenoxy) is 1. The summed E-state index contributed by atoms with van der Waals surface area (Å²) in [6, 6.07) is 20.6. The van der Waals surface area contributed by atoms with Crippen molar-refractivity contribution in [3.05, 3.63) is 113 Å². The quantitative estimate of drug-likeness (QED) is 0.207. The van der Waals surface area contributed by atoms with Crippen LogP contribution < -0.4 is 5.32 Å². The van der Waals surface area contributed by atoms with Crippen LogP contribution in [0.2, 0.25) is 0 Å². The summed E-state index contributed by atoms with van der Waals surface area (Å²) in [6.07, 6.45) is 16.8. The molecule has 2 aliphatic heterocycles. The molecule has 0 atom stereocenters. The third kappa shape index (κ3) is 6.48. The predicted molar refractivity (Wildman–Crippen MR) is 182 cm³/mol. The van der Waals surface area contributed by atoms with Gasteiger partial charge in [-0.15, -0.1) is 0 Å². The molecule has 6 heteroatoms. The van der Waals surface area contributed by atoms with Crippen LogP contribution >= 0.6 is 0 Å². The average Bonchev–Trinajstić information content (AvgIpc) is 3.55. The van der Waals surface area contributed by atoms with Gasteiger partial charge in [-0.05, 0) is 108 Å². The summed E-state index contributed by atoms with van der Waals surface area (Å²) >= 11 is 0. The van der Waals surface area contributed by atoms with Crippen LogP contribution in [0.3, 0.4) is 0 Å². The van der Waals surface area contributed by atoms with Gasteiger partial charge in [-0.25, -0.2) is 9.78 Å². The van der Waals surface area contributed by atoms with Crippen molar-refractivity contribution in [2.75, 3.05) is 39.8 Å². The van der Waals surface area contributed by atoms with Crippen molar-refractivity contribution in [3.63, 3.8) is 0 Å². The Morgan fingerprint density at radius 1 is 0.933 bits per heavy atom. The van der Waals surface area contributed by atoms with E-state index >= 15 is 0 Å². The molecule has 1 aliphatic carbocycles. The van der Waals surface area contributed by atoms with Gasteiger partial charge in [0.1, 0.15) is 5.52 Å². The number of esters is 1. The normalized spacial score (nSPS) is 17.1. The van der Waals surface area contributed by atoms with Crippen molar-refractivity contribution in [1.29, 1.82) is 0 Å². The van der Waals surface area contributed by atoms with Crippen LogP contribution in [0.1, 0.15) is 53.6 Å². The van der Waals surface area contributed by atoms with Crippen LogP contribution in [0.4, 0.5) is 0 Å². The Labute approximate surface area is 264 Å². The molecule has 3 aromatic carbocycles. The molecule has 0 spiro atoms. The molecule has 4 aromatic rings. The summed E-state index contributed by atoms with van der Waals surface area (Å²) in [6.45, 7) is 4.90. The predicted octanol–water partition coefficient (Wildman–Crippen LogP) is 8.08. The van der Waals surface area contributed by atoms with E-state index in [1.807, 2.05) is 18.2 Å². The fourth-order valence-corrected chi connectivity index (χ4v) is 6.54. The Morgan fingerprint density at radius 3 is 2.53 bits per heavy atom. The molecule has 228 valence electrons. The summed E-state index contributed by atoms with van der Waals surface area (Å²) in [4.78, 5) is 19.9. The summed E-state index contributed by atoms with van der Waals surface area (Å²) in [5.41, 5.74) is 11.6. The number of nitrogens with one attached hydrogen (secondary N) is 1. The third-order valence-corrected chi connectivity index (χ3v) is 9.20. The van der Waals surface area contributed by atoms with Gasteiger partial charge in [0.05, 0.1) is 12.7 Å². The number of carbonyl (C=O) groups is 1. The molecule has 1 aromatic heterocycles. The zero-order valence-corrected chi connectivity index (χ0v) is 25.9. The SMILES string of the molecule is COC(=O)c1ccc(-c2ccc(-c3nc4cc(C5=CCN(CCC6=CC=CCC6)CC5)ccc4o3)cc2)cc1C1=CCNCC1. The van der Waals surface area contributed by atoms with E-state index in [4.69, 9.17) is 14.1 Å². The summed E-state index contributed by atoms with van der Waals surface area (Å²) in [5.74, 6) is 0.305. The van der Waals surface area contributed by atoms with Crippen molar-refractivity contribution in [3.8, 4) is 22.6 Å². The lowest BCUT2D eigenvalue weighted by molar-refractivity contribution is 0.0600. The van der Waals surface area contributed by atoms with Crippen molar-refractivity contribution in [2.45, 2.75) is 32.1 Å². The van der Waals surface area contributed by atoms with Crippen LogP contribution in [0.25, 0.3) is 44.8 Å². The molecule has 7 rings (SSSR count). The Kier molecular flexibility index (Phi) is 8.58. The highest BCUT2D eigenvalue weighted by Crippen LogP contribution is 2.33. The van der Waals surface area contributed by atoms with Gasteiger partial charge in [0.2, 0.25) is 5.89 Å². The van der Waals surface area contributed by atoms with Gasteiger partial charge < -0.3 is 14.5 Å². The van der Waals surface area contributed by atoms with E-state index in [2.05, 4.69) is 83.1 Å². The monoisotopic (exact) mass is 597 g/mol. The minimum absolute atomic E-state index is 0.312. The summed E-state index contributed by atoms with van der Waals surface area (Å²) in [7, 11) is 1.43. The van der Waals surface area contributed by atoms with Crippen LogP contribution in [-0.4, -0.2) is 55.7 Å². The maximum absolute atomic E-state index is 12.5. The van der Waals surface area contributed by atoms with Gasteiger partial charge in [-0.3, -0.25) is 4.90 Å². The van der Waals surface area contributed by atoms with Crippen LogP contribution in [0, 0.1) is 0 Å². The number of methoxy groups -OCH3 is 1. The van der Waals surface area contributed by atoms with Gasteiger partial charge in [-0.1, -0.05) is 60.2 Å². The first-order valence-electron chi connectivity index (χ1n) is 16.0. The maximum Gasteiger partial charge on any atom is 0.338 e. The standard InChI is InChI=1S/C39H39N3O3/c1-44-39(43)34-13-11-32(25-35(34)30-15-20-40-21-16-30)28-7-9-31(10-8-28)38-41-36-26-33(12-14-37(36)45-38)29-18-23-42(24-19-29)22-17-27-5-3-2-4-6-27/h2-3,5,7-15,18,25-26,40H,4,6,16-17,19-24H2,1H3. The highest BCUT2D eigenvalue weighted by Gasteiger charge is 2.19. The van der Waals surface area contributed by atoms with Crippen molar-refractivity contribution in [2.24, 2.45) is 0 Å². The lowest BCUT2D eigenvalue weighted by Gasteiger charge is -2.27. The first-order valence-corrected chi connectivity index (χ1v) is 16.0. The highest BCUT2D eigenvalue weighted by molar-refractivity contribution is 5.96. The first-order chi connectivity index (χ1) is 22.1. The van der Waals surface area contributed by atoms with E-state index in [1.165, 1.54) is 43.1 Å². The van der Waals surface area contributed by atoms with Crippen LogP contribution in [0.5, 0.6) is 0 Å². The highest BCUT2D eigenvalue weighted by atomic mass is 16.5. The molecule has 3 aliphatic rings. The number of carbonyl (C=O) groups excluding carboxylic acids is 1. The number of nitrogens with zero attached hydrogens (tertiary/aromatic N) is 2. The minimum Gasteiger partial charge on any atom is -0.465 e. The molecule has 0 saturated carbocycles. The number of fused-ring (bicyclic) bond motifs is 1. The Hall–Kier alpha value is -4.52. The first kappa shape index (κ1) is 29.2. The number of hydrogen-bond acceptors (Lipinski definition) is 6. The topological polar surface area (TPSA) is 67.6 Å². The Bertz CT molecular complexity index is 1840. The van der Waals surface area contributed by atoms with E-state index in [9.17, 15) is 4.79 Å². The van der Waals surface area contributed by atoms with Gasteiger partial charge >= 0.3 is 5.97 Å². The Morgan fingerprint density at radius 2 is 1.78 bits per heavy atom. The zero-order chi connectivity index (χ0) is 30.6. The molecule has 6 nitrogen and oxygen atoms in total. The minimum atomic E-state index is -0.312. The fraction of sp³-hybridized carbons (Fsp3) is 0.282. The molecule has 1 N–H and O–H groups in total. The van der Waals surface area contributed by atoms with E-state index in [1.54, 1.807) is 5.57 Å². The molecule has 45 heavy (non-hydrogen) atoms. The molecular weight excluding hydrogens is 558 g/mol. The average molecular weight is 598 g/mol. The van der Waals surface area contributed by atoms with E-state index < -0.39 is 0 Å². The Balaban J connectivity index is 1.06. The molecule has 0 unspecified atom stereocenters. The van der Waals surface area contributed by atoms with Crippen molar-refractivity contribution < 1.29 is 13.9 Å². The van der Waals surface area contributed by atoms with Crippen LogP contribution in [0.15, 0.2) is 101 Å². The summed E-state index contributed by atoms with van der Waals surface area (Å²) < 4.78 is 11.3. The molecule has 3 heterocycles. The maximum atomic E-state index is 12.5. The zero-order valence-electron chi connectivity index (χ0n) is 25.9. The number of benzene rings is 3. The van der Waals surface area contributed by atoms with Crippen molar-refractivity contribution in [1.82, 2.24) is 15.2 Å². The smallest absolute Gasteiger partial charge is 0.338 e. The van der Waals surface area contributed by atoms with Gasteiger partial charge in [-0.2, -0.15) is 0 Å². The number of rotatable bonds is 8. The molecule has 0 amide bonds. The lowest BCUT2D eigenvalue weighted by atomic mass is 9.91. The van der Waals surface area contributed by atoms with Gasteiger partial charge in [0.15, 0.2) is 5.58 Å². The number of aromatic nitrogens is 1. The second-order valence-corrected chi connectivity index (χ2v) is 12.0. The molecule has 0 radical (unpaired) electrons. The van der Waals surface area contributed by atoms with Crippen molar-refractivity contribution >= 4 is 28.2 Å². The number of hydrogen-bond donors (Lipinski definition) is 1. The van der Waals surface area contributed by atoms with Gasteiger partial charge in [0, 0.05) is 31.7 Å². The van der Waals surface area contributed by atoms with E-state index in [0.717, 1.165) is 78.9 Å².